The number of likely N-dealkylation sites (N-methyl/N-ethyl adjacent to an activating group) is 1. The average Bonchev–Trinajstić information content (AvgIpc) is 2.82. The van der Waals surface area contributed by atoms with Gasteiger partial charge in [0.1, 0.15) is 11.5 Å². The molecular formula is C20H21NO3. The average molecular weight is 323 g/mol. The summed E-state index contributed by atoms with van der Waals surface area (Å²) in [6.07, 6.45) is 1.90. The highest BCUT2D eigenvalue weighted by molar-refractivity contribution is 6.35. The molecule has 3 rings (SSSR count). The largest absolute Gasteiger partial charge is 0.494 e. The number of anilines is 1. The molecule has 4 heteroatoms. The van der Waals surface area contributed by atoms with Gasteiger partial charge >= 0.3 is 0 Å². The fourth-order valence-electron chi connectivity index (χ4n) is 2.86. The van der Waals surface area contributed by atoms with Crippen molar-refractivity contribution in [1.82, 2.24) is 0 Å². The van der Waals surface area contributed by atoms with Gasteiger partial charge in [-0.25, -0.2) is 0 Å². The van der Waals surface area contributed by atoms with E-state index in [2.05, 4.69) is 0 Å². The maximum Gasteiger partial charge on any atom is 0.258 e. The van der Waals surface area contributed by atoms with Crippen LogP contribution in [0.3, 0.4) is 0 Å². The first-order chi connectivity index (χ1) is 11.7. The SMILES string of the molecule is CCOc1ccc2c(c1)N(C)C(=O)/C2=C/c1ccccc1OCC. The first-order valence-corrected chi connectivity index (χ1v) is 8.14. The number of ether oxygens (including phenoxy) is 2. The van der Waals surface area contributed by atoms with E-state index in [4.69, 9.17) is 9.47 Å². The van der Waals surface area contributed by atoms with Gasteiger partial charge in [-0.15, -0.1) is 0 Å². The molecule has 4 nitrogen and oxygen atoms in total. The van der Waals surface area contributed by atoms with Crippen LogP contribution in [0.2, 0.25) is 0 Å². The molecule has 0 unspecified atom stereocenters. The number of rotatable bonds is 5. The normalized spacial score (nSPS) is 14.9. The van der Waals surface area contributed by atoms with E-state index in [0.717, 1.165) is 28.3 Å². The van der Waals surface area contributed by atoms with Crippen molar-refractivity contribution in [2.75, 3.05) is 25.2 Å². The number of carbonyl (C=O) groups excluding carboxylic acids is 1. The Morgan fingerprint density at radius 3 is 2.54 bits per heavy atom. The van der Waals surface area contributed by atoms with Crippen LogP contribution in [0.5, 0.6) is 11.5 Å². The molecule has 2 aromatic rings. The smallest absolute Gasteiger partial charge is 0.258 e. The monoisotopic (exact) mass is 323 g/mol. The Morgan fingerprint density at radius 2 is 1.79 bits per heavy atom. The van der Waals surface area contributed by atoms with Crippen LogP contribution in [-0.2, 0) is 4.79 Å². The minimum absolute atomic E-state index is 0.0232. The van der Waals surface area contributed by atoms with E-state index >= 15 is 0 Å². The van der Waals surface area contributed by atoms with Crippen molar-refractivity contribution in [3.63, 3.8) is 0 Å². The van der Waals surface area contributed by atoms with Crippen LogP contribution in [0, 0.1) is 0 Å². The van der Waals surface area contributed by atoms with Gasteiger partial charge in [0.2, 0.25) is 0 Å². The van der Waals surface area contributed by atoms with Crippen LogP contribution in [0.15, 0.2) is 42.5 Å². The molecule has 0 atom stereocenters. The molecule has 1 heterocycles. The van der Waals surface area contributed by atoms with Gasteiger partial charge in [0.15, 0.2) is 0 Å². The van der Waals surface area contributed by atoms with Crippen LogP contribution in [0.1, 0.15) is 25.0 Å². The van der Waals surface area contributed by atoms with E-state index in [1.54, 1.807) is 11.9 Å². The summed E-state index contributed by atoms with van der Waals surface area (Å²) in [5.41, 5.74) is 3.35. The van der Waals surface area contributed by atoms with Crippen LogP contribution in [-0.4, -0.2) is 26.2 Å². The fourth-order valence-corrected chi connectivity index (χ4v) is 2.86. The summed E-state index contributed by atoms with van der Waals surface area (Å²) < 4.78 is 11.2. The standard InChI is InChI=1S/C20H21NO3/c1-4-23-15-10-11-16-17(20(22)21(3)18(16)13-15)12-14-8-6-7-9-19(14)24-5-2/h6-13H,4-5H2,1-3H3/b17-12+. The predicted molar refractivity (Wildman–Crippen MR) is 96.5 cm³/mol. The van der Waals surface area contributed by atoms with Gasteiger partial charge in [0.25, 0.3) is 5.91 Å². The maximum atomic E-state index is 12.7. The van der Waals surface area contributed by atoms with Crippen LogP contribution < -0.4 is 14.4 Å². The van der Waals surface area contributed by atoms with Gasteiger partial charge in [-0.05, 0) is 38.1 Å². The number of benzene rings is 2. The van der Waals surface area contributed by atoms with E-state index in [0.29, 0.717) is 18.8 Å². The lowest BCUT2D eigenvalue weighted by Crippen LogP contribution is -2.20. The van der Waals surface area contributed by atoms with Crippen LogP contribution >= 0.6 is 0 Å². The van der Waals surface area contributed by atoms with Gasteiger partial charge in [-0.2, -0.15) is 0 Å². The van der Waals surface area contributed by atoms with Crippen molar-refractivity contribution >= 4 is 23.2 Å². The van der Waals surface area contributed by atoms with E-state index in [9.17, 15) is 4.79 Å². The Bertz CT molecular complexity index is 795. The van der Waals surface area contributed by atoms with Gasteiger partial charge < -0.3 is 14.4 Å². The third-order valence-corrected chi connectivity index (χ3v) is 3.99. The third kappa shape index (κ3) is 2.87. The van der Waals surface area contributed by atoms with Gasteiger partial charge in [0, 0.05) is 29.8 Å². The lowest BCUT2D eigenvalue weighted by atomic mass is 10.0. The Hall–Kier alpha value is -2.75. The number of carbonyl (C=O) groups is 1. The molecule has 124 valence electrons. The molecule has 0 spiro atoms. The molecule has 1 amide bonds. The summed E-state index contributed by atoms with van der Waals surface area (Å²) in [6, 6.07) is 13.5. The topological polar surface area (TPSA) is 38.8 Å². The molecule has 0 aromatic heterocycles. The molecule has 0 N–H and O–H groups in total. The van der Waals surface area contributed by atoms with Crippen LogP contribution in [0.4, 0.5) is 5.69 Å². The van der Waals surface area contributed by atoms with Crippen LogP contribution in [0.25, 0.3) is 11.6 Å². The summed E-state index contributed by atoms with van der Waals surface area (Å²) in [5.74, 6) is 1.53. The number of hydrogen-bond donors (Lipinski definition) is 0. The molecule has 1 aliphatic heterocycles. The number of nitrogens with zero attached hydrogens (tertiary/aromatic N) is 1. The second-order valence-corrected chi connectivity index (χ2v) is 5.50. The van der Waals surface area contributed by atoms with E-state index < -0.39 is 0 Å². The molecule has 0 bridgehead atoms. The Labute approximate surface area is 142 Å². The molecule has 2 aromatic carbocycles. The highest BCUT2D eigenvalue weighted by atomic mass is 16.5. The molecule has 0 fully saturated rings. The lowest BCUT2D eigenvalue weighted by Gasteiger charge is -2.10. The summed E-state index contributed by atoms with van der Waals surface area (Å²) in [7, 11) is 1.78. The Balaban J connectivity index is 2.06. The minimum Gasteiger partial charge on any atom is -0.494 e. The predicted octanol–water partition coefficient (Wildman–Crippen LogP) is 4.00. The van der Waals surface area contributed by atoms with Gasteiger partial charge in [0.05, 0.1) is 18.9 Å². The zero-order valence-electron chi connectivity index (χ0n) is 14.2. The van der Waals surface area contributed by atoms with Crippen molar-refractivity contribution in [2.45, 2.75) is 13.8 Å². The van der Waals surface area contributed by atoms with Crippen molar-refractivity contribution in [3.05, 3.63) is 53.6 Å². The molecule has 0 aliphatic carbocycles. The number of para-hydroxylation sites is 1. The summed E-state index contributed by atoms with van der Waals surface area (Å²) in [5, 5.41) is 0. The van der Waals surface area contributed by atoms with E-state index in [1.165, 1.54) is 0 Å². The molecule has 0 radical (unpaired) electrons. The minimum atomic E-state index is -0.0232. The molecule has 24 heavy (non-hydrogen) atoms. The quantitative estimate of drug-likeness (QED) is 0.781. The lowest BCUT2D eigenvalue weighted by molar-refractivity contribution is -0.112. The van der Waals surface area contributed by atoms with E-state index in [1.807, 2.05) is 62.4 Å². The van der Waals surface area contributed by atoms with Crippen molar-refractivity contribution in [1.29, 1.82) is 0 Å². The van der Waals surface area contributed by atoms with Gasteiger partial charge in [-0.3, -0.25) is 4.79 Å². The molecule has 0 saturated heterocycles. The Kier molecular flexibility index (Phi) is 4.56. The summed E-state index contributed by atoms with van der Waals surface area (Å²) >= 11 is 0. The Morgan fingerprint density at radius 1 is 1.04 bits per heavy atom. The molecule has 1 aliphatic rings. The summed E-state index contributed by atoms with van der Waals surface area (Å²) in [4.78, 5) is 14.3. The maximum absolute atomic E-state index is 12.7. The molecular weight excluding hydrogens is 302 g/mol. The van der Waals surface area contributed by atoms with Gasteiger partial charge in [-0.1, -0.05) is 18.2 Å². The fraction of sp³-hybridized carbons (Fsp3) is 0.250. The number of amides is 1. The highest BCUT2D eigenvalue weighted by Crippen LogP contribution is 2.39. The number of fused-ring (bicyclic) bond motifs is 1. The third-order valence-electron chi connectivity index (χ3n) is 3.99. The van der Waals surface area contributed by atoms with Crippen molar-refractivity contribution < 1.29 is 14.3 Å². The second-order valence-electron chi connectivity index (χ2n) is 5.50. The second kappa shape index (κ2) is 6.79. The van der Waals surface area contributed by atoms with Crippen molar-refractivity contribution in [3.8, 4) is 11.5 Å². The van der Waals surface area contributed by atoms with E-state index in [-0.39, 0.29) is 5.91 Å². The summed E-state index contributed by atoms with van der Waals surface area (Å²) in [6.45, 7) is 5.07. The molecule has 0 saturated carbocycles. The zero-order valence-corrected chi connectivity index (χ0v) is 14.2. The zero-order chi connectivity index (χ0) is 17.1. The van der Waals surface area contributed by atoms with Crippen molar-refractivity contribution in [2.24, 2.45) is 0 Å². The highest BCUT2D eigenvalue weighted by Gasteiger charge is 2.30. The first-order valence-electron chi connectivity index (χ1n) is 8.14. The number of hydrogen-bond acceptors (Lipinski definition) is 3. The first kappa shape index (κ1) is 16.1.